The van der Waals surface area contributed by atoms with Gasteiger partial charge in [0.15, 0.2) is 11.6 Å². The van der Waals surface area contributed by atoms with Gasteiger partial charge in [0.25, 0.3) is 5.91 Å². The van der Waals surface area contributed by atoms with Gasteiger partial charge in [0.2, 0.25) is 5.60 Å². The Morgan fingerprint density at radius 2 is 1.73 bits per heavy atom. The predicted molar refractivity (Wildman–Crippen MR) is 143 cm³/mol. The minimum absolute atomic E-state index is 0.0195. The third-order valence-corrected chi connectivity index (χ3v) is 13.1. The first-order valence-corrected chi connectivity index (χ1v) is 14.9. The number of hydrogen-bond donors (Lipinski definition) is 1. The van der Waals surface area contributed by atoms with E-state index in [4.69, 9.17) is 4.74 Å². The number of allylic oxidation sites excluding steroid dienone is 1. The average Bonchev–Trinajstić information content (AvgIpc) is 3.62. The van der Waals surface area contributed by atoms with E-state index in [-0.39, 0.29) is 34.7 Å². The number of nitriles is 1. The van der Waals surface area contributed by atoms with Gasteiger partial charge in [-0.05, 0) is 79.1 Å². The van der Waals surface area contributed by atoms with Gasteiger partial charge in [-0.25, -0.2) is 0 Å². The smallest absolute Gasteiger partial charge is 0.321 e. The van der Waals surface area contributed by atoms with E-state index in [2.05, 4.69) is 46.0 Å². The van der Waals surface area contributed by atoms with Crippen LogP contribution in [0.25, 0.3) is 0 Å². The number of nitrogens with zero attached hydrogens (tertiary/aromatic N) is 1. The summed E-state index contributed by atoms with van der Waals surface area (Å²) in [6.45, 7) is 13.4. The Morgan fingerprint density at radius 1 is 1.07 bits per heavy atom. The molecule has 1 heterocycles. The molecule has 0 aromatic heterocycles. The first-order valence-electron chi connectivity index (χ1n) is 14.9. The molecule has 0 aromatic carbocycles. The number of fused-ring (bicyclic) bond motifs is 9. The summed E-state index contributed by atoms with van der Waals surface area (Å²) in [6.07, 6.45) is 5.99. The van der Waals surface area contributed by atoms with Crippen LogP contribution in [0.1, 0.15) is 93.4 Å². The zero-order valence-corrected chi connectivity index (χ0v) is 24.7. The van der Waals surface area contributed by atoms with Gasteiger partial charge < -0.3 is 10.1 Å². The van der Waals surface area contributed by atoms with Crippen LogP contribution in [0.5, 0.6) is 0 Å². The molecule has 5 aliphatic carbocycles. The number of Topliss-reactive ketones (excluding diaryl/α,β-unsaturated/α-hetero) is 1. The van der Waals surface area contributed by atoms with Crippen LogP contribution in [0.4, 0.5) is 8.78 Å². The van der Waals surface area contributed by atoms with Gasteiger partial charge in [-0.15, -0.1) is 0 Å². The molecule has 10 atom stereocenters. The highest BCUT2D eigenvalue weighted by Gasteiger charge is 2.80. The molecule has 6 nitrogen and oxygen atoms in total. The Hall–Kier alpha value is -2.14. The topological polar surface area (TPSA) is 99.6 Å². The zero-order valence-electron chi connectivity index (χ0n) is 24.7. The molecule has 0 unspecified atom stereocenters. The summed E-state index contributed by atoms with van der Waals surface area (Å²) in [5, 5.41) is 12.8. The van der Waals surface area contributed by atoms with E-state index in [0.717, 1.165) is 24.8 Å². The van der Waals surface area contributed by atoms with Crippen LogP contribution in [-0.4, -0.2) is 40.6 Å². The first-order chi connectivity index (χ1) is 18.3. The number of carbonyl (C=O) groups excluding carboxylic acids is 3. The minimum Gasteiger partial charge on any atom is -0.345 e. The highest BCUT2D eigenvalue weighted by molar-refractivity contribution is 5.99. The zero-order chi connectivity index (χ0) is 29.5. The van der Waals surface area contributed by atoms with Crippen molar-refractivity contribution in [2.24, 2.45) is 45.3 Å². The monoisotopic (exact) mass is 556 g/mol. The molecule has 5 fully saturated rings. The van der Waals surface area contributed by atoms with Crippen LogP contribution >= 0.6 is 0 Å². The number of rotatable bonds is 2. The maximum atomic E-state index is 14.4. The molecule has 4 saturated carbocycles. The SMILES string of the molecule is C[C@@H]1C(=O)[C@]2(C#N)O[C@@H]2[C@]2(C)C3=CC(=O)[C@@H]4[C@@H]5CC(C)(C)CC[C@]5(NC(=O)C(C)(F)F)CC[C@@]4(C)[C@]3(C)CC[C@@H]12. The lowest BCUT2D eigenvalue weighted by molar-refractivity contribution is -0.169. The lowest BCUT2D eigenvalue weighted by atomic mass is 9.35. The Morgan fingerprint density at radius 3 is 2.35 bits per heavy atom. The van der Waals surface area contributed by atoms with E-state index in [1.807, 2.05) is 6.92 Å². The Balaban J connectivity index is 1.47. The van der Waals surface area contributed by atoms with Crippen LogP contribution in [0.15, 0.2) is 11.6 Å². The van der Waals surface area contributed by atoms with E-state index in [1.54, 1.807) is 6.08 Å². The van der Waals surface area contributed by atoms with Gasteiger partial charge in [0, 0.05) is 29.7 Å². The Kier molecular flexibility index (Phi) is 5.47. The molecular formula is C32H42F2N2O4. The number of epoxide rings is 1. The molecule has 1 amide bonds. The molecule has 8 heteroatoms. The maximum absolute atomic E-state index is 14.4. The fraction of sp³-hybridized carbons (Fsp3) is 0.812. The van der Waals surface area contributed by atoms with Crippen molar-refractivity contribution in [2.75, 3.05) is 0 Å². The third kappa shape index (κ3) is 3.19. The Bertz CT molecular complexity index is 1300. The lowest BCUT2D eigenvalue weighted by Gasteiger charge is -2.69. The van der Waals surface area contributed by atoms with Gasteiger partial charge in [-0.3, -0.25) is 14.4 Å². The summed E-state index contributed by atoms with van der Waals surface area (Å²) in [6, 6.07) is 2.17. The fourth-order valence-electron chi connectivity index (χ4n) is 10.6. The summed E-state index contributed by atoms with van der Waals surface area (Å²) >= 11 is 0. The van der Waals surface area contributed by atoms with E-state index in [9.17, 15) is 28.4 Å². The molecule has 40 heavy (non-hydrogen) atoms. The number of amides is 1. The number of halogens is 2. The Labute approximate surface area is 235 Å². The fourth-order valence-corrected chi connectivity index (χ4v) is 10.6. The van der Waals surface area contributed by atoms with E-state index < -0.39 is 51.2 Å². The molecule has 0 radical (unpaired) electrons. The number of hydrogen-bond acceptors (Lipinski definition) is 5. The van der Waals surface area contributed by atoms with Gasteiger partial charge in [-0.1, -0.05) is 47.1 Å². The van der Waals surface area contributed by atoms with Crippen LogP contribution in [0.2, 0.25) is 0 Å². The van der Waals surface area contributed by atoms with Crippen molar-refractivity contribution in [3.8, 4) is 6.07 Å². The van der Waals surface area contributed by atoms with Crippen molar-refractivity contribution in [1.29, 1.82) is 5.26 Å². The highest BCUT2D eigenvalue weighted by Crippen LogP contribution is 2.75. The predicted octanol–water partition coefficient (Wildman–Crippen LogP) is 5.55. The van der Waals surface area contributed by atoms with E-state index in [1.165, 1.54) is 0 Å². The molecule has 0 aromatic rings. The van der Waals surface area contributed by atoms with Crippen LogP contribution < -0.4 is 5.32 Å². The second-order valence-corrected chi connectivity index (χ2v) is 15.6. The number of ether oxygens (including phenoxy) is 1. The molecule has 6 aliphatic rings. The van der Waals surface area contributed by atoms with Crippen molar-refractivity contribution in [2.45, 2.75) is 117 Å². The molecule has 0 spiro atoms. The quantitative estimate of drug-likeness (QED) is 0.450. The first kappa shape index (κ1) is 28.0. The van der Waals surface area contributed by atoms with Crippen molar-refractivity contribution in [3.63, 3.8) is 0 Å². The number of alkyl halides is 2. The molecule has 1 aliphatic heterocycles. The van der Waals surface area contributed by atoms with E-state index in [0.29, 0.717) is 32.6 Å². The molecular weight excluding hydrogens is 514 g/mol. The summed E-state index contributed by atoms with van der Waals surface area (Å²) in [5.41, 5.74) is -2.89. The third-order valence-electron chi connectivity index (χ3n) is 13.1. The summed E-state index contributed by atoms with van der Waals surface area (Å²) in [5.74, 6) is -5.99. The van der Waals surface area contributed by atoms with Gasteiger partial charge in [-0.2, -0.15) is 14.0 Å². The molecule has 218 valence electrons. The normalized spacial score (nSPS) is 50.6. The van der Waals surface area contributed by atoms with Crippen LogP contribution in [0, 0.1) is 56.7 Å². The molecule has 1 N–H and O–H groups in total. The number of ketones is 2. The second kappa shape index (κ2) is 7.82. The number of nitrogens with one attached hydrogen (secondary N) is 1. The van der Waals surface area contributed by atoms with Gasteiger partial charge in [0.05, 0.1) is 0 Å². The highest BCUT2D eigenvalue weighted by atomic mass is 19.3. The molecule has 6 rings (SSSR count). The minimum atomic E-state index is -3.50. The summed E-state index contributed by atoms with van der Waals surface area (Å²) < 4.78 is 34.3. The molecule has 1 saturated heterocycles. The number of carbonyl (C=O) groups is 3. The lowest BCUT2D eigenvalue weighted by Crippen LogP contribution is -2.70. The average molecular weight is 557 g/mol. The van der Waals surface area contributed by atoms with Gasteiger partial charge >= 0.3 is 5.92 Å². The second-order valence-electron chi connectivity index (χ2n) is 15.6. The van der Waals surface area contributed by atoms with Crippen molar-refractivity contribution in [1.82, 2.24) is 5.32 Å². The molecule has 0 bridgehead atoms. The maximum Gasteiger partial charge on any atom is 0.321 e. The van der Waals surface area contributed by atoms with Crippen LogP contribution in [-0.2, 0) is 19.1 Å². The van der Waals surface area contributed by atoms with E-state index >= 15 is 0 Å². The van der Waals surface area contributed by atoms with Crippen LogP contribution in [0.3, 0.4) is 0 Å². The van der Waals surface area contributed by atoms with Crippen molar-refractivity contribution < 1.29 is 27.9 Å². The summed E-state index contributed by atoms with van der Waals surface area (Å²) in [4.78, 5) is 40.3. The summed E-state index contributed by atoms with van der Waals surface area (Å²) in [7, 11) is 0. The van der Waals surface area contributed by atoms with Crippen molar-refractivity contribution >= 4 is 17.5 Å². The van der Waals surface area contributed by atoms with Crippen molar-refractivity contribution in [3.05, 3.63) is 11.6 Å². The standard InChI is InChI=1S/C32H42F2N2O4/c1-17-18-8-9-27(4)21(29(18,6)24-32(16-35,40-24)23(17)38)14-20(37)22-19-15-26(2,3)10-12-31(19,13-11-28(22,27)5)36-25(39)30(7,33)34/h14,17-19,22,24H,8-13,15H2,1-7H3,(H,36,39)/t17-,18-,19-,22-,24+,27+,28+,29-,31-,32-/m0/s1. The largest absolute Gasteiger partial charge is 0.345 e. The van der Waals surface area contributed by atoms with Gasteiger partial charge in [0.1, 0.15) is 12.2 Å².